The van der Waals surface area contributed by atoms with Crippen LogP contribution in [0.4, 0.5) is 4.79 Å². The second kappa shape index (κ2) is 8.17. The van der Waals surface area contributed by atoms with Crippen molar-refractivity contribution in [2.75, 3.05) is 0 Å². The zero-order chi connectivity index (χ0) is 15.9. The second-order valence-corrected chi connectivity index (χ2v) is 6.77. The Morgan fingerprint density at radius 2 is 2.14 bits per heavy atom. The smallest absolute Gasteiger partial charge is 0.321 e. The first-order valence-corrected chi connectivity index (χ1v) is 8.64. The quantitative estimate of drug-likeness (QED) is 0.808. The Bertz CT molecular complexity index is 513. The molecule has 0 spiro atoms. The van der Waals surface area contributed by atoms with E-state index in [4.69, 9.17) is 0 Å². The number of carbonyl (C=O) groups is 2. The molecule has 0 saturated heterocycles. The predicted molar refractivity (Wildman–Crippen MR) is 84.6 cm³/mol. The molecule has 1 aromatic heterocycles. The molecule has 122 valence electrons. The van der Waals surface area contributed by atoms with Crippen molar-refractivity contribution in [3.8, 4) is 0 Å². The molecule has 1 atom stereocenters. The van der Waals surface area contributed by atoms with E-state index in [1.54, 1.807) is 13.3 Å². The third kappa shape index (κ3) is 4.72. The molecule has 2 rings (SSSR count). The van der Waals surface area contributed by atoms with E-state index >= 15 is 0 Å². The van der Waals surface area contributed by atoms with Gasteiger partial charge in [0.1, 0.15) is 6.33 Å². The third-order valence-corrected chi connectivity index (χ3v) is 4.84. The van der Waals surface area contributed by atoms with Crippen LogP contribution < -0.4 is 10.6 Å². The van der Waals surface area contributed by atoms with Gasteiger partial charge in [-0.3, -0.25) is 10.1 Å². The van der Waals surface area contributed by atoms with Gasteiger partial charge in [-0.05, 0) is 26.7 Å². The van der Waals surface area contributed by atoms with Gasteiger partial charge >= 0.3 is 6.03 Å². The SMILES string of the molecule is CCn1cnnc1S[C@@H](C)C(=O)NC(=O)NC1CCCCC1. The molecular formula is C14H23N5O2S. The van der Waals surface area contributed by atoms with Gasteiger partial charge in [0.25, 0.3) is 0 Å². The van der Waals surface area contributed by atoms with Gasteiger partial charge in [-0.1, -0.05) is 31.0 Å². The van der Waals surface area contributed by atoms with Crippen molar-refractivity contribution in [1.82, 2.24) is 25.4 Å². The van der Waals surface area contributed by atoms with Crippen LogP contribution in [-0.4, -0.2) is 38.0 Å². The summed E-state index contributed by atoms with van der Waals surface area (Å²) in [7, 11) is 0. The molecule has 0 bridgehead atoms. The van der Waals surface area contributed by atoms with E-state index in [2.05, 4.69) is 20.8 Å². The van der Waals surface area contributed by atoms with Gasteiger partial charge in [-0.25, -0.2) is 4.79 Å². The van der Waals surface area contributed by atoms with Crippen molar-refractivity contribution in [3.63, 3.8) is 0 Å². The zero-order valence-electron chi connectivity index (χ0n) is 13.0. The van der Waals surface area contributed by atoms with E-state index in [0.29, 0.717) is 5.16 Å². The third-order valence-electron chi connectivity index (χ3n) is 3.75. The number of aryl methyl sites for hydroxylation is 1. The Morgan fingerprint density at radius 3 is 2.82 bits per heavy atom. The molecule has 1 aliphatic carbocycles. The molecule has 8 heteroatoms. The molecule has 1 saturated carbocycles. The van der Waals surface area contributed by atoms with Crippen molar-refractivity contribution >= 4 is 23.7 Å². The molecule has 7 nitrogen and oxygen atoms in total. The molecule has 1 aliphatic rings. The van der Waals surface area contributed by atoms with E-state index < -0.39 is 11.3 Å². The van der Waals surface area contributed by atoms with Gasteiger partial charge in [0.2, 0.25) is 5.91 Å². The van der Waals surface area contributed by atoms with Crippen molar-refractivity contribution in [2.24, 2.45) is 0 Å². The van der Waals surface area contributed by atoms with Crippen LogP contribution in [0.25, 0.3) is 0 Å². The lowest BCUT2D eigenvalue weighted by molar-refractivity contribution is -0.119. The van der Waals surface area contributed by atoms with Gasteiger partial charge in [0, 0.05) is 12.6 Å². The fourth-order valence-corrected chi connectivity index (χ4v) is 3.33. The van der Waals surface area contributed by atoms with Crippen molar-refractivity contribution in [1.29, 1.82) is 0 Å². The molecular weight excluding hydrogens is 302 g/mol. The Balaban J connectivity index is 1.79. The summed E-state index contributed by atoms with van der Waals surface area (Å²) in [5.41, 5.74) is 0. The number of carbonyl (C=O) groups excluding carboxylic acids is 2. The topological polar surface area (TPSA) is 88.9 Å². The molecule has 0 aromatic carbocycles. The average Bonchev–Trinajstić information content (AvgIpc) is 2.95. The highest BCUT2D eigenvalue weighted by atomic mass is 32.2. The lowest BCUT2D eigenvalue weighted by atomic mass is 9.96. The number of urea groups is 1. The molecule has 3 amide bonds. The molecule has 0 radical (unpaired) electrons. The summed E-state index contributed by atoms with van der Waals surface area (Å²) in [6.07, 6.45) is 7.11. The summed E-state index contributed by atoms with van der Waals surface area (Å²) in [5, 5.41) is 13.4. The monoisotopic (exact) mass is 325 g/mol. The molecule has 1 aromatic rings. The van der Waals surface area contributed by atoms with Gasteiger partial charge < -0.3 is 9.88 Å². The van der Waals surface area contributed by atoms with Crippen LogP contribution in [0.2, 0.25) is 0 Å². The summed E-state index contributed by atoms with van der Waals surface area (Å²) in [6.45, 7) is 4.48. The van der Waals surface area contributed by atoms with Gasteiger partial charge in [0.05, 0.1) is 5.25 Å². The molecule has 1 fully saturated rings. The highest BCUT2D eigenvalue weighted by Crippen LogP contribution is 2.21. The number of nitrogens with one attached hydrogen (secondary N) is 2. The van der Waals surface area contributed by atoms with E-state index in [0.717, 1.165) is 32.2 Å². The maximum absolute atomic E-state index is 12.1. The molecule has 22 heavy (non-hydrogen) atoms. The Morgan fingerprint density at radius 1 is 1.41 bits per heavy atom. The van der Waals surface area contributed by atoms with Gasteiger partial charge in [0.15, 0.2) is 5.16 Å². The highest BCUT2D eigenvalue weighted by Gasteiger charge is 2.21. The van der Waals surface area contributed by atoms with E-state index in [-0.39, 0.29) is 11.9 Å². The minimum Gasteiger partial charge on any atom is -0.335 e. The lowest BCUT2D eigenvalue weighted by Crippen LogP contribution is -2.47. The van der Waals surface area contributed by atoms with Crippen LogP contribution in [0.15, 0.2) is 11.5 Å². The Kier molecular flexibility index (Phi) is 6.23. The normalized spacial score (nSPS) is 17.0. The number of nitrogens with zero attached hydrogens (tertiary/aromatic N) is 3. The van der Waals surface area contributed by atoms with E-state index in [1.165, 1.54) is 18.2 Å². The number of hydrogen-bond donors (Lipinski definition) is 2. The largest absolute Gasteiger partial charge is 0.335 e. The fourth-order valence-electron chi connectivity index (χ4n) is 2.45. The summed E-state index contributed by atoms with van der Waals surface area (Å²) in [5.74, 6) is -0.316. The average molecular weight is 325 g/mol. The van der Waals surface area contributed by atoms with Crippen molar-refractivity contribution in [3.05, 3.63) is 6.33 Å². The molecule has 1 heterocycles. The van der Waals surface area contributed by atoms with E-state index in [9.17, 15) is 9.59 Å². The number of thioether (sulfide) groups is 1. The van der Waals surface area contributed by atoms with Crippen LogP contribution in [0.3, 0.4) is 0 Å². The summed E-state index contributed by atoms with van der Waals surface area (Å²) in [6, 6.07) is -0.214. The number of hydrogen-bond acceptors (Lipinski definition) is 5. The van der Waals surface area contributed by atoms with Gasteiger partial charge in [-0.2, -0.15) is 0 Å². The molecule has 2 N–H and O–H groups in total. The summed E-state index contributed by atoms with van der Waals surface area (Å²) in [4.78, 5) is 23.9. The summed E-state index contributed by atoms with van der Waals surface area (Å²) >= 11 is 1.29. The van der Waals surface area contributed by atoms with Crippen LogP contribution >= 0.6 is 11.8 Å². The Hall–Kier alpha value is -1.57. The number of amides is 3. The van der Waals surface area contributed by atoms with Crippen molar-refractivity contribution < 1.29 is 9.59 Å². The van der Waals surface area contributed by atoms with E-state index in [1.807, 2.05) is 11.5 Å². The maximum Gasteiger partial charge on any atom is 0.321 e. The first kappa shape index (κ1) is 16.8. The first-order chi connectivity index (χ1) is 10.6. The summed E-state index contributed by atoms with van der Waals surface area (Å²) < 4.78 is 1.86. The second-order valence-electron chi connectivity index (χ2n) is 5.46. The van der Waals surface area contributed by atoms with Crippen LogP contribution in [-0.2, 0) is 11.3 Å². The first-order valence-electron chi connectivity index (χ1n) is 7.76. The molecule has 0 aliphatic heterocycles. The van der Waals surface area contributed by atoms with Crippen molar-refractivity contribution in [2.45, 2.75) is 68.9 Å². The number of imide groups is 1. The van der Waals surface area contributed by atoms with Crippen LogP contribution in [0.1, 0.15) is 46.0 Å². The lowest BCUT2D eigenvalue weighted by Gasteiger charge is -2.23. The fraction of sp³-hybridized carbons (Fsp3) is 0.714. The number of rotatable bonds is 5. The van der Waals surface area contributed by atoms with Gasteiger partial charge in [-0.15, -0.1) is 10.2 Å². The highest BCUT2D eigenvalue weighted by molar-refractivity contribution is 8.00. The van der Waals surface area contributed by atoms with Crippen LogP contribution in [0.5, 0.6) is 0 Å². The molecule has 0 unspecified atom stereocenters. The minimum absolute atomic E-state index is 0.188. The minimum atomic E-state index is -0.411. The Labute approximate surface area is 134 Å². The maximum atomic E-state index is 12.1. The number of aromatic nitrogens is 3. The zero-order valence-corrected chi connectivity index (χ0v) is 13.9. The predicted octanol–water partition coefficient (Wildman–Crippen LogP) is 1.94. The standard InChI is InChI=1S/C14H23N5O2S/c1-3-19-9-15-18-14(19)22-10(2)12(20)17-13(21)16-11-7-5-4-6-8-11/h9-11H,3-8H2,1-2H3,(H2,16,17,20,21)/t10-/m0/s1. The van der Waals surface area contributed by atoms with Crippen LogP contribution in [0, 0.1) is 0 Å².